The van der Waals surface area contributed by atoms with Gasteiger partial charge in [-0.15, -0.1) is 0 Å². The van der Waals surface area contributed by atoms with E-state index in [-0.39, 0.29) is 5.69 Å². The van der Waals surface area contributed by atoms with Crippen molar-refractivity contribution in [1.82, 2.24) is 10.3 Å². The predicted octanol–water partition coefficient (Wildman–Crippen LogP) is 0.161. The molecule has 0 saturated carbocycles. The first-order chi connectivity index (χ1) is 8.49. The molecule has 0 aliphatic heterocycles. The number of carbonyl (C=O) groups is 1. The molecule has 5 N–H and O–H groups in total. The number of rotatable bonds is 5. The van der Waals surface area contributed by atoms with Crippen LogP contribution in [0.5, 0.6) is 0 Å². The zero-order chi connectivity index (χ0) is 13.5. The molecule has 1 heterocycles. The van der Waals surface area contributed by atoms with Crippen LogP contribution in [-0.4, -0.2) is 23.4 Å². The van der Waals surface area contributed by atoms with E-state index in [0.29, 0.717) is 19.0 Å². The van der Waals surface area contributed by atoms with E-state index in [0.717, 1.165) is 11.1 Å². The van der Waals surface area contributed by atoms with Gasteiger partial charge >= 0.3 is 0 Å². The topological polar surface area (TPSA) is 106 Å². The number of nitrogens with zero attached hydrogens (tertiary/aromatic N) is 2. The molecule has 18 heavy (non-hydrogen) atoms. The van der Waals surface area contributed by atoms with Crippen molar-refractivity contribution in [2.24, 2.45) is 16.5 Å². The van der Waals surface area contributed by atoms with E-state index >= 15 is 0 Å². The van der Waals surface area contributed by atoms with Crippen LogP contribution in [0.3, 0.4) is 0 Å². The summed E-state index contributed by atoms with van der Waals surface area (Å²) in [6, 6.07) is 3.30. The van der Waals surface area contributed by atoms with Crippen molar-refractivity contribution in [2.45, 2.75) is 13.5 Å². The number of aliphatic imine (C=N–C) groups is 1. The van der Waals surface area contributed by atoms with Gasteiger partial charge in [0.05, 0.1) is 6.54 Å². The zero-order valence-corrected chi connectivity index (χ0v) is 10.3. The van der Waals surface area contributed by atoms with Crippen molar-refractivity contribution in [3.8, 4) is 0 Å². The number of nitrogens with one attached hydrogen (secondary N) is 1. The Bertz CT molecular complexity index is 464. The van der Waals surface area contributed by atoms with Crippen LogP contribution >= 0.6 is 0 Å². The van der Waals surface area contributed by atoms with Crippen LogP contribution in [0.4, 0.5) is 0 Å². The zero-order valence-electron chi connectivity index (χ0n) is 10.3. The highest BCUT2D eigenvalue weighted by molar-refractivity contribution is 5.90. The molecule has 0 aliphatic rings. The van der Waals surface area contributed by atoms with Gasteiger partial charge in [0.1, 0.15) is 5.69 Å². The summed E-state index contributed by atoms with van der Waals surface area (Å²) in [5, 5.41) is 2.92. The Hall–Kier alpha value is -2.37. The third-order valence-electron chi connectivity index (χ3n) is 2.08. The molecule has 0 radical (unpaired) electrons. The summed E-state index contributed by atoms with van der Waals surface area (Å²) in [5.41, 5.74) is 12.8. The highest BCUT2D eigenvalue weighted by atomic mass is 16.1. The first-order valence-corrected chi connectivity index (χ1v) is 5.42. The summed E-state index contributed by atoms with van der Waals surface area (Å²) in [7, 11) is 0. The maximum absolute atomic E-state index is 10.8. The molecule has 6 heteroatoms. The number of amides is 1. The summed E-state index contributed by atoms with van der Waals surface area (Å²) in [6.45, 7) is 6.62. The molecule has 0 unspecified atom stereocenters. The SMILES string of the molecule is C=C(C)CNC(N)=NCc1ccc(C(N)=O)nc1. The van der Waals surface area contributed by atoms with Gasteiger partial charge in [0.25, 0.3) is 5.91 Å². The van der Waals surface area contributed by atoms with Gasteiger partial charge in [0.15, 0.2) is 5.96 Å². The Morgan fingerprint density at radius 3 is 2.72 bits per heavy atom. The minimum absolute atomic E-state index is 0.233. The lowest BCUT2D eigenvalue weighted by Gasteiger charge is -2.04. The Morgan fingerprint density at radius 2 is 2.22 bits per heavy atom. The number of pyridine rings is 1. The molecule has 0 spiro atoms. The summed E-state index contributed by atoms with van der Waals surface area (Å²) < 4.78 is 0. The number of hydrogen-bond donors (Lipinski definition) is 3. The van der Waals surface area contributed by atoms with Gasteiger partial charge in [-0.1, -0.05) is 18.2 Å². The van der Waals surface area contributed by atoms with Gasteiger partial charge < -0.3 is 16.8 Å². The molecule has 96 valence electrons. The van der Waals surface area contributed by atoms with Crippen LogP contribution in [0, 0.1) is 0 Å². The number of nitrogens with two attached hydrogens (primary N) is 2. The minimum atomic E-state index is -0.548. The summed E-state index contributed by atoms with van der Waals surface area (Å²) in [6.07, 6.45) is 1.55. The van der Waals surface area contributed by atoms with E-state index in [1.807, 2.05) is 6.92 Å². The van der Waals surface area contributed by atoms with E-state index < -0.39 is 5.91 Å². The molecule has 1 amide bonds. The predicted molar refractivity (Wildman–Crippen MR) is 70.9 cm³/mol. The molecule has 0 saturated heterocycles. The van der Waals surface area contributed by atoms with Gasteiger partial charge in [-0.3, -0.25) is 9.78 Å². The normalized spacial score (nSPS) is 11.1. The van der Waals surface area contributed by atoms with E-state index in [1.54, 1.807) is 18.3 Å². The average Bonchev–Trinajstić information content (AvgIpc) is 2.34. The van der Waals surface area contributed by atoms with Crippen LogP contribution in [-0.2, 0) is 6.54 Å². The van der Waals surface area contributed by atoms with Crippen molar-refractivity contribution in [2.75, 3.05) is 6.54 Å². The van der Waals surface area contributed by atoms with Gasteiger partial charge in [-0.25, -0.2) is 4.99 Å². The Morgan fingerprint density at radius 1 is 1.50 bits per heavy atom. The van der Waals surface area contributed by atoms with Crippen molar-refractivity contribution in [3.63, 3.8) is 0 Å². The van der Waals surface area contributed by atoms with Crippen molar-refractivity contribution in [1.29, 1.82) is 0 Å². The molecule has 6 nitrogen and oxygen atoms in total. The van der Waals surface area contributed by atoms with E-state index in [2.05, 4.69) is 21.9 Å². The molecule has 0 bridgehead atoms. The Kier molecular flexibility index (Phi) is 4.86. The smallest absolute Gasteiger partial charge is 0.267 e. The fourth-order valence-electron chi connectivity index (χ4n) is 1.14. The third-order valence-corrected chi connectivity index (χ3v) is 2.08. The van der Waals surface area contributed by atoms with Crippen molar-refractivity contribution in [3.05, 3.63) is 41.7 Å². The molecule has 0 aromatic carbocycles. The van der Waals surface area contributed by atoms with Gasteiger partial charge in [0.2, 0.25) is 0 Å². The first-order valence-electron chi connectivity index (χ1n) is 5.42. The van der Waals surface area contributed by atoms with Gasteiger partial charge in [-0.2, -0.15) is 0 Å². The van der Waals surface area contributed by atoms with Crippen LogP contribution in [0.25, 0.3) is 0 Å². The van der Waals surface area contributed by atoms with Gasteiger partial charge in [0, 0.05) is 12.7 Å². The van der Waals surface area contributed by atoms with Crippen LogP contribution < -0.4 is 16.8 Å². The number of aromatic nitrogens is 1. The number of hydrogen-bond acceptors (Lipinski definition) is 3. The van der Waals surface area contributed by atoms with Crippen LogP contribution in [0.2, 0.25) is 0 Å². The molecule has 1 rings (SSSR count). The highest BCUT2D eigenvalue weighted by Crippen LogP contribution is 2.01. The highest BCUT2D eigenvalue weighted by Gasteiger charge is 2.01. The molecular weight excluding hydrogens is 230 g/mol. The van der Waals surface area contributed by atoms with Crippen LogP contribution in [0.15, 0.2) is 35.5 Å². The van der Waals surface area contributed by atoms with Crippen molar-refractivity contribution >= 4 is 11.9 Å². The molecule has 0 fully saturated rings. The van der Waals surface area contributed by atoms with E-state index in [4.69, 9.17) is 11.5 Å². The lowest BCUT2D eigenvalue weighted by molar-refractivity contribution is 0.0995. The Balaban J connectivity index is 2.54. The maximum Gasteiger partial charge on any atom is 0.267 e. The lowest BCUT2D eigenvalue weighted by Crippen LogP contribution is -2.32. The molecular formula is C12H17N5O. The van der Waals surface area contributed by atoms with E-state index in [9.17, 15) is 4.79 Å². The molecule has 0 atom stereocenters. The molecule has 1 aromatic heterocycles. The fourth-order valence-corrected chi connectivity index (χ4v) is 1.14. The standard InChI is InChI=1S/C12H17N5O/c1-8(2)5-16-12(14)17-7-9-3-4-10(11(13)18)15-6-9/h3-4,6H,1,5,7H2,2H3,(H2,13,18)(H3,14,16,17). The second-order valence-electron chi connectivity index (χ2n) is 3.93. The summed E-state index contributed by atoms with van der Waals surface area (Å²) in [5.74, 6) is -0.204. The number of guanidine groups is 1. The van der Waals surface area contributed by atoms with Crippen molar-refractivity contribution < 1.29 is 4.79 Å². The summed E-state index contributed by atoms with van der Waals surface area (Å²) in [4.78, 5) is 18.9. The largest absolute Gasteiger partial charge is 0.370 e. The monoisotopic (exact) mass is 247 g/mol. The summed E-state index contributed by atoms with van der Waals surface area (Å²) >= 11 is 0. The number of carbonyl (C=O) groups excluding carboxylic acids is 1. The lowest BCUT2D eigenvalue weighted by atomic mass is 10.2. The van der Waals surface area contributed by atoms with Crippen LogP contribution in [0.1, 0.15) is 23.0 Å². The average molecular weight is 247 g/mol. The quantitative estimate of drug-likeness (QED) is 0.391. The third kappa shape index (κ3) is 4.65. The fraction of sp³-hybridized carbons (Fsp3) is 0.250. The minimum Gasteiger partial charge on any atom is -0.370 e. The number of primary amides is 1. The Labute approximate surface area is 106 Å². The maximum atomic E-state index is 10.8. The second kappa shape index (κ2) is 6.39. The molecule has 0 aliphatic carbocycles. The first kappa shape index (κ1) is 13.7. The molecule has 1 aromatic rings. The van der Waals surface area contributed by atoms with E-state index in [1.165, 1.54) is 0 Å². The van der Waals surface area contributed by atoms with Gasteiger partial charge in [-0.05, 0) is 18.6 Å². The second-order valence-corrected chi connectivity index (χ2v) is 3.93.